The minimum absolute atomic E-state index is 0.125. The third-order valence-corrected chi connectivity index (χ3v) is 14.9. The van der Waals surface area contributed by atoms with E-state index in [1.807, 2.05) is 0 Å². The smallest absolute Gasteiger partial charge is 0.318 e. The van der Waals surface area contributed by atoms with Crippen LogP contribution in [0.1, 0.15) is 44.9 Å². The van der Waals surface area contributed by atoms with E-state index in [0.29, 0.717) is 25.6 Å². The lowest BCUT2D eigenvalue weighted by Gasteiger charge is -2.38. The molecule has 3 aliphatic rings. The van der Waals surface area contributed by atoms with Crippen molar-refractivity contribution in [2.45, 2.75) is 82.9 Å². The second-order valence-corrected chi connectivity index (χ2v) is 19.3. The van der Waals surface area contributed by atoms with Gasteiger partial charge in [0.1, 0.15) is 12.4 Å². The van der Waals surface area contributed by atoms with Crippen LogP contribution in [0, 0.1) is 11.3 Å². The van der Waals surface area contributed by atoms with Crippen molar-refractivity contribution in [3.63, 3.8) is 0 Å². The number of hydrogen-bond donors (Lipinski definition) is 1. The number of nitrogens with one attached hydrogen (secondary N) is 1. The normalized spacial score (nSPS) is 22.8. The Hall–Kier alpha value is -3.23. The lowest BCUT2D eigenvalue weighted by molar-refractivity contribution is 0.185. The highest BCUT2D eigenvalue weighted by atomic mass is 28.4. The Kier molecular flexibility index (Phi) is 9.08. The molecule has 0 bridgehead atoms. The van der Waals surface area contributed by atoms with Crippen molar-refractivity contribution in [1.29, 1.82) is 5.26 Å². The van der Waals surface area contributed by atoms with Gasteiger partial charge in [0, 0.05) is 61.4 Å². The summed E-state index contributed by atoms with van der Waals surface area (Å²) in [6.45, 7) is 17.0. The van der Waals surface area contributed by atoms with Crippen LogP contribution in [0.5, 0.6) is 6.01 Å². The van der Waals surface area contributed by atoms with E-state index in [4.69, 9.17) is 19.1 Å². The Morgan fingerprint density at radius 3 is 2.64 bits per heavy atom. The molecule has 3 aliphatic heterocycles. The first-order valence-electron chi connectivity index (χ1n) is 16.5. The van der Waals surface area contributed by atoms with E-state index in [9.17, 15) is 5.26 Å². The fourth-order valence-electron chi connectivity index (χ4n) is 6.74. The monoisotopic (exact) mass is 627 g/mol. The second kappa shape index (κ2) is 12.9. The van der Waals surface area contributed by atoms with Crippen LogP contribution in [-0.2, 0) is 17.4 Å². The first-order chi connectivity index (χ1) is 21.5. The first kappa shape index (κ1) is 31.7. The topological polar surface area (TPSA) is 89.8 Å². The fourth-order valence-corrected chi connectivity index (χ4v) is 8.10. The molecule has 2 saturated heterocycles. The summed E-state index contributed by atoms with van der Waals surface area (Å²) < 4.78 is 13.2. The maximum absolute atomic E-state index is 9.37. The predicted octanol–water partition coefficient (Wildman–Crippen LogP) is 5.36. The summed E-state index contributed by atoms with van der Waals surface area (Å²) in [5.41, 5.74) is 3.47. The lowest BCUT2D eigenvalue weighted by Crippen LogP contribution is -2.51. The molecule has 45 heavy (non-hydrogen) atoms. The van der Waals surface area contributed by atoms with Crippen molar-refractivity contribution >= 4 is 30.6 Å². The number of likely N-dealkylation sites (N-methyl/N-ethyl adjacent to an activating group) is 1. The molecule has 0 radical (unpaired) electrons. The van der Waals surface area contributed by atoms with E-state index in [2.05, 4.69) is 109 Å². The minimum atomic E-state index is -1.85. The van der Waals surface area contributed by atoms with Crippen LogP contribution in [-0.4, -0.2) is 87.8 Å². The number of anilines is 2. The molecule has 2 fully saturated rings. The number of likely N-dealkylation sites (tertiary alicyclic amines) is 1. The van der Waals surface area contributed by atoms with Gasteiger partial charge in [0.15, 0.2) is 8.32 Å². The molecule has 0 saturated carbocycles. The van der Waals surface area contributed by atoms with E-state index >= 15 is 0 Å². The fraction of sp³-hybridized carbons (Fsp3) is 0.571. The highest BCUT2D eigenvalue weighted by molar-refractivity contribution is 6.74. The third kappa shape index (κ3) is 6.82. The van der Waals surface area contributed by atoms with Gasteiger partial charge in [-0.05, 0) is 49.5 Å². The molecule has 1 aromatic heterocycles. The van der Waals surface area contributed by atoms with Gasteiger partial charge in [-0.25, -0.2) is 0 Å². The molecular formula is C35H49N7O2Si. The molecule has 3 aromatic rings. The van der Waals surface area contributed by atoms with Gasteiger partial charge in [-0.2, -0.15) is 15.2 Å². The molecule has 2 aromatic carbocycles. The van der Waals surface area contributed by atoms with Crippen LogP contribution in [0.15, 0.2) is 42.5 Å². The van der Waals surface area contributed by atoms with Gasteiger partial charge in [-0.1, -0.05) is 57.2 Å². The summed E-state index contributed by atoms with van der Waals surface area (Å²) in [6, 6.07) is 18.3. The Balaban J connectivity index is 1.24. The Morgan fingerprint density at radius 2 is 1.84 bits per heavy atom. The average molecular weight is 628 g/mol. The molecular weight excluding hydrogens is 579 g/mol. The molecule has 240 valence electrons. The van der Waals surface area contributed by atoms with E-state index < -0.39 is 8.32 Å². The van der Waals surface area contributed by atoms with Crippen molar-refractivity contribution in [1.82, 2.24) is 20.2 Å². The number of fused-ring (bicyclic) bond motifs is 2. The largest absolute Gasteiger partial charge is 0.462 e. The van der Waals surface area contributed by atoms with Crippen molar-refractivity contribution in [2.24, 2.45) is 0 Å². The Bertz CT molecular complexity index is 1550. The molecule has 6 rings (SSSR count). The van der Waals surface area contributed by atoms with Crippen molar-refractivity contribution in [3.05, 3.63) is 53.7 Å². The van der Waals surface area contributed by atoms with Gasteiger partial charge < -0.3 is 24.3 Å². The molecule has 4 heterocycles. The second-order valence-electron chi connectivity index (χ2n) is 14.5. The summed E-state index contributed by atoms with van der Waals surface area (Å²) in [7, 11) is 0.316. The van der Waals surface area contributed by atoms with E-state index in [-0.39, 0.29) is 23.2 Å². The van der Waals surface area contributed by atoms with Crippen LogP contribution < -0.4 is 19.9 Å². The van der Waals surface area contributed by atoms with Crippen LogP contribution in [0.25, 0.3) is 10.8 Å². The molecule has 0 amide bonds. The van der Waals surface area contributed by atoms with E-state index in [1.165, 1.54) is 22.0 Å². The number of hydrogen-bond acceptors (Lipinski definition) is 9. The van der Waals surface area contributed by atoms with Gasteiger partial charge in [0.05, 0.1) is 30.8 Å². The highest BCUT2D eigenvalue weighted by Crippen LogP contribution is 2.39. The maximum Gasteiger partial charge on any atom is 0.318 e. The van der Waals surface area contributed by atoms with Gasteiger partial charge >= 0.3 is 6.01 Å². The molecule has 3 atom stereocenters. The Labute approximate surface area is 269 Å². The number of piperazine rings is 1. The van der Waals surface area contributed by atoms with Gasteiger partial charge in [0.2, 0.25) is 0 Å². The molecule has 1 unspecified atom stereocenters. The van der Waals surface area contributed by atoms with Gasteiger partial charge in [-0.3, -0.25) is 4.90 Å². The molecule has 0 spiro atoms. The zero-order valence-corrected chi connectivity index (χ0v) is 28.8. The summed E-state index contributed by atoms with van der Waals surface area (Å²) in [5.74, 6) is 0.968. The number of nitrogens with zero attached hydrogens (tertiary/aromatic N) is 6. The lowest BCUT2D eigenvalue weighted by atomic mass is 10.0. The van der Waals surface area contributed by atoms with Crippen molar-refractivity contribution < 1.29 is 9.16 Å². The van der Waals surface area contributed by atoms with E-state index in [1.54, 1.807) is 0 Å². The molecule has 1 N–H and O–H groups in total. The zero-order valence-electron chi connectivity index (χ0n) is 27.8. The Morgan fingerprint density at radius 1 is 1.04 bits per heavy atom. The maximum atomic E-state index is 9.37. The van der Waals surface area contributed by atoms with Crippen LogP contribution in [0.2, 0.25) is 18.1 Å². The van der Waals surface area contributed by atoms with Crippen molar-refractivity contribution in [2.75, 3.05) is 56.2 Å². The van der Waals surface area contributed by atoms with E-state index in [0.717, 1.165) is 57.1 Å². The number of ether oxygens (including phenoxy) is 1. The number of nitriles is 1. The van der Waals surface area contributed by atoms with Gasteiger partial charge in [0.25, 0.3) is 0 Å². The predicted molar refractivity (Wildman–Crippen MR) is 184 cm³/mol. The SMILES string of the molecule is CN1C[C@H](O[Si](C)(C)C(C)(C)C)C[C@H]1COc1nc2c(c(N3CCNC(CC#N)C3)n1)CCN(c1cccc3ccccc13)C2. The number of benzene rings is 2. The quantitative estimate of drug-likeness (QED) is 0.332. The summed E-state index contributed by atoms with van der Waals surface area (Å²) in [5, 5.41) is 15.6. The van der Waals surface area contributed by atoms with Crippen LogP contribution in [0.3, 0.4) is 0 Å². The molecule has 0 aliphatic carbocycles. The van der Waals surface area contributed by atoms with Crippen LogP contribution >= 0.6 is 0 Å². The molecule has 10 heteroatoms. The molecule has 9 nitrogen and oxygen atoms in total. The number of rotatable bonds is 8. The minimum Gasteiger partial charge on any atom is -0.462 e. The van der Waals surface area contributed by atoms with Crippen molar-refractivity contribution in [3.8, 4) is 12.1 Å². The summed E-state index contributed by atoms with van der Waals surface area (Å²) >= 11 is 0. The standard InChI is InChI=1S/C35H49N7O2Si/c1-35(2,3)45(5,6)44-28-20-27(40(4)22-28)24-43-34-38-31-23-41(32-13-9-11-25-10-7-8-12-29(25)32)18-15-30(31)33(39-34)42-19-17-37-26(21-42)14-16-36/h7-13,26-28,37H,14-15,17-24H2,1-6H3/t26?,27-,28+/m0/s1. The third-order valence-electron chi connectivity index (χ3n) is 10.3. The average Bonchev–Trinajstić information content (AvgIpc) is 3.36. The van der Waals surface area contributed by atoms with Gasteiger partial charge in [-0.15, -0.1) is 0 Å². The highest BCUT2D eigenvalue weighted by Gasteiger charge is 2.42. The summed E-state index contributed by atoms with van der Waals surface area (Å²) in [6.07, 6.45) is 2.51. The summed E-state index contributed by atoms with van der Waals surface area (Å²) in [4.78, 5) is 17.3. The number of aromatic nitrogens is 2. The van der Waals surface area contributed by atoms with Crippen LogP contribution in [0.4, 0.5) is 11.5 Å². The first-order valence-corrected chi connectivity index (χ1v) is 19.4. The zero-order chi connectivity index (χ0) is 31.8.